The Balaban J connectivity index is 2.36. The van der Waals surface area contributed by atoms with E-state index in [9.17, 15) is 9.59 Å². The molecule has 3 aromatic heterocycles. The molecule has 3 rings (SSSR count). The topological polar surface area (TPSA) is 93.4 Å². The third kappa shape index (κ3) is 2.40. The molecule has 0 aliphatic heterocycles. The highest BCUT2D eigenvalue weighted by Gasteiger charge is 2.22. The monoisotopic (exact) mass is 312 g/mol. The van der Waals surface area contributed by atoms with E-state index >= 15 is 0 Å². The molecule has 23 heavy (non-hydrogen) atoms. The highest BCUT2D eigenvalue weighted by molar-refractivity contribution is 6.00. The van der Waals surface area contributed by atoms with E-state index in [0.717, 1.165) is 0 Å². The van der Waals surface area contributed by atoms with Crippen LogP contribution in [-0.2, 0) is 7.05 Å². The molecular weight excluding hydrogens is 294 g/mol. The molecule has 0 saturated heterocycles. The van der Waals surface area contributed by atoms with Crippen molar-refractivity contribution in [3.05, 3.63) is 46.4 Å². The van der Waals surface area contributed by atoms with Gasteiger partial charge in [0.25, 0.3) is 17.1 Å². The van der Waals surface area contributed by atoms with Gasteiger partial charge in [-0.2, -0.15) is 0 Å². The fraction of sp³-hybridized carbons (Fsp3) is 0.250. The average molecular weight is 312 g/mol. The number of hydrogen-bond acceptors (Lipinski definition) is 4. The van der Waals surface area contributed by atoms with Crippen LogP contribution in [0, 0.1) is 0 Å². The summed E-state index contributed by atoms with van der Waals surface area (Å²) in [5.41, 5.74) is 7.08. The van der Waals surface area contributed by atoms with Crippen LogP contribution >= 0.6 is 0 Å². The predicted octanol–water partition coefficient (Wildman–Crippen LogP) is 0.393. The molecule has 0 fully saturated rings. The van der Waals surface area contributed by atoms with Gasteiger partial charge < -0.3 is 11.1 Å². The van der Waals surface area contributed by atoms with E-state index in [2.05, 4.69) is 10.3 Å². The van der Waals surface area contributed by atoms with Crippen LogP contribution in [0.5, 0.6) is 0 Å². The molecule has 0 atom stereocenters. The first-order chi connectivity index (χ1) is 10.9. The molecule has 0 aliphatic rings. The Labute approximate surface area is 132 Å². The second-order valence-electron chi connectivity index (χ2n) is 5.71. The van der Waals surface area contributed by atoms with E-state index < -0.39 is 0 Å². The highest BCUT2D eigenvalue weighted by atomic mass is 16.2. The number of pyridine rings is 2. The molecular formula is C16H18N5O2+. The van der Waals surface area contributed by atoms with Crippen LogP contribution in [0.25, 0.3) is 16.7 Å². The third-order valence-corrected chi connectivity index (χ3v) is 3.66. The number of fused-ring (bicyclic) bond motifs is 2. The van der Waals surface area contributed by atoms with Gasteiger partial charge >= 0.3 is 0 Å². The van der Waals surface area contributed by atoms with Crippen LogP contribution in [0.15, 0.2) is 35.3 Å². The second kappa shape index (κ2) is 5.35. The van der Waals surface area contributed by atoms with Crippen molar-refractivity contribution in [1.82, 2.24) is 14.7 Å². The lowest BCUT2D eigenvalue weighted by atomic mass is 10.1. The summed E-state index contributed by atoms with van der Waals surface area (Å²) in [6, 6.07) is 6.79. The highest BCUT2D eigenvalue weighted by Crippen LogP contribution is 2.13. The lowest BCUT2D eigenvalue weighted by Crippen LogP contribution is -2.40. The maximum absolute atomic E-state index is 12.7. The summed E-state index contributed by atoms with van der Waals surface area (Å²) in [7, 11) is 1.69. The summed E-state index contributed by atoms with van der Waals surface area (Å²) in [6.45, 7) is 3.72. The number of carbonyl (C=O) groups is 1. The van der Waals surface area contributed by atoms with Gasteiger partial charge in [0.2, 0.25) is 11.5 Å². The summed E-state index contributed by atoms with van der Waals surface area (Å²) in [5.74, 6) is -0.0459. The molecule has 3 heterocycles. The molecule has 0 bridgehead atoms. The lowest BCUT2D eigenvalue weighted by Gasteiger charge is -2.11. The van der Waals surface area contributed by atoms with Crippen molar-refractivity contribution in [1.29, 1.82) is 0 Å². The minimum Gasteiger partial charge on any atom is -0.350 e. The zero-order valence-corrected chi connectivity index (χ0v) is 13.2. The zero-order valence-electron chi connectivity index (χ0n) is 13.2. The van der Waals surface area contributed by atoms with Gasteiger partial charge in [-0.15, -0.1) is 0 Å². The molecule has 3 N–H and O–H groups in total. The van der Waals surface area contributed by atoms with E-state index in [1.54, 1.807) is 36.0 Å². The van der Waals surface area contributed by atoms with E-state index in [0.29, 0.717) is 16.7 Å². The maximum Gasteiger partial charge on any atom is 0.278 e. The standard InChI is InChI=1S/C16H17N5O2/c1-9(2)18-15(22)10-8-11-14(20(3)13(10)17)19-12-6-4-5-7-21(12)16(11)23/h4-9,17H,1-3H3,(H,18,22)/p+1. The fourth-order valence-corrected chi connectivity index (χ4v) is 2.51. The Bertz CT molecular complexity index is 991. The van der Waals surface area contributed by atoms with E-state index in [1.807, 2.05) is 13.8 Å². The number of aryl methyl sites for hydroxylation is 1. The van der Waals surface area contributed by atoms with Gasteiger partial charge in [0.15, 0.2) is 0 Å². The second-order valence-corrected chi connectivity index (χ2v) is 5.71. The largest absolute Gasteiger partial charge is 0.350 e. The molecule has 3 aromatic rings. The molecule has 0 radical (unpaired) electrons. The molecule has 7 heteroatoms. The summed E-state index contributed by atoms with van der Waals surface area (Å²) >= 11 is 0. The van der Waals surface area contributed by atoms with Crippen molar-refractivity contribution in [2.24, 2.45) is 7.05 Å². The van der Waals surface area contributed by atoms with Crippen LogP contribution in [0.3, 0.4) is 0 Å². The van der Waals surface area contributed by atoms with Gasteiger partial charge in [-0.1, -0.05) is 11.1 Å². The number of amides is 1. The number of carbonyl (C=O) groups excluding carboxylic acids is 1. The first kappa shape index (κ1) is 15.0. The third-order valence-electron chi connectivity index (χ3n) is 3.66. The average Bonchev–Trinajstić information content (AvgIpc) is 2.51. The zero-order chi connectivity index (χ0) is 16.7. The van der Waals surface area contributed by atoms with E-state index in [4.69, 9.17) is 5.73 Å². The Kier molecular flexibility index (Phi) is 3.48. The molecule has 0 saturated carbocycles. The molecule has 0 spiro atoms. The minimum absolute atomic E-state index is 0.0290. The number of rotatable bonds is 2. The summed E-state index contributed by atoms with van der Waals surface area (Å²) < 4.78 is 3.02. The lowest BCUT2D eigenvalue weighted by molar-refractivity contribution is -0.632. The number of nitrogens with zero attached hydrogens (tertiary/aromatic N) is 3. The van der Waals surface area contributed by atoms with Crippen molar-refractivity contribution in [3.63, 3.8) is 0 Å². The number of nitrogen functional groups attached to an aromatic ring is 1. The smallest absolute Gasteiger partial charge is 0.278 e. The fourth-order valence-electron chi connectivity index (χ4n) is 2.51. The summed E-state index contributed by atoms with van der Waals surface area (Å²) in [5, 5.41) is 3.13. The van der Waals surface area contributed by atoms with Gasteiger partial charge in [-0.25, -0.2) is 4.57 Å². The molecule has 1 amide bonds. The van der Waals surface area contributed by atoms with Crippen molar-refractivity contribution in [2.75, 3.05) is 5.73 Å². The Hall–Kier alpha value is -2.96. The summed E-state index contributed by atoms with van der Waals surface area (Å²) in [6.07, 6.45) is 1.65. The van der Waals surface area contributed by atoms with E-state index in [1.165, 1.54) is 10.5 Å². The van der Waals surface area contributed by atoms with Crippen LogP contribution in [0.4, 0.5) is 5.82 Å². The van der Waals surface area contributed by atoms with E-state index in [-0.39, 0.29) is 28.9 Å². The van der Waals surface area contributed by atoms with Crippen molar-refractivity contribution in [3.8, 4) is 0 Å². The van der Waals surface area contributed by atoms with Crippen molar-refractivity contribution < 1.29 is 9.36 Å². The normalized spacial score (nSPS) is 11.3. The van der Waals surface area contributed by atoms with Gasteiger partial charge in [-0.05, 0) is 32.0 Å². The first-order valence-electron chi connectivity index (χ1n) is 7.30. The Morgan fingerprint density at radius 1 is 1.39 bits per heavy atom. The number of aromatic nitrogens is 3. The number of hydrogen-bond donors (Lipinski definition) is 2. The van der Waals surface area contributed by atoms with Crippen LogP contribution in [-0.4, -0.2) is 21.3 Å². The van der Waals surface area contributed by atoms with Crippen LogP contribution in [0.1, 0.15) is 24.2 Å². The number of nitrogens with one attached hydrogen (secondary N) is 1. The van der Waals surface area contributed by atoms with Crippen LogP contribution < -0.4 is 21.2 Å². The van der Waals surface area contributed by atoms with Crippen molar-refractivity contribution in [2.45, 2.75) is 19.9 Å². The molecule has 0 aromatic carbocycles. The van der Waals surface area contributed by atoms with Crippen molar-refractivity contribution >= 4 is 28.4 Å². The molecule has 0 unspecified atom stereocenters. The molecule has 118 valence electrons. The quantitative estimate of drug-likeness (QED) is 0.529. The maximum atomic E-state index is 12.7. The Morgan fingerprint density at radius 2 is 2.13 bits per heavy atom. The first-order valence-corrected chi connectivity index (χ1v) is 7.30. The summed E-state index contributed by atoms with van der Waals surface area (Å²) in [4.78, 5) is 29.5. The van der Waals surface area contributed by atoms with Gasteiger partial charge in [0.1, 0.15) is 10.9 Å². The van der Waals surface area contributed by atoms with Crippen LogP contribution in [0.2, 0.25) is 0 Å². The molecule has 7 nitrogen and oxygen atoms in total. The van der Waals surface area contributed by atoms with Gasteiger partial charge in [0.05, 0.1) is 7.05 Å². The predicted molar refractivity (Wildman–Crippen MR) is 87.2 cm³/mol. The van der Waals surface area contributed by atoms with Gasteiger partial charge in [-0.3, -0.25) is 14.0 Å². The Morgan fingerprint density at radius 3 is 2.83 bits per heavy atom. The molecule has 0 aliphatic carbocycles. The SMILES string of the molecule is CC(C)NC(=O)c1cc2c(=O)n3ccccc3nc2[n+](C)c1N. The minimum atomic E-state index is -0.312. The number of nitrogens with two attached hydrogens (primary N) is 1. The van der Waals surface area contributed by atoms with Gasteiger partial charge in [0, 0.05) is 12.2 Å². The number of anilines is 1.